The fraction of sp³-hybridized carbons (Fsp3) is 0.462. The molecule has 0 aliphatic heterocycles. The maximum atomic E-state index is 12.2. The summed E-state index contributed by atoms with van der Waals surface area (Å²) >= 11 is 0. The molecule has 0 bridgehead atoms. The van der Waals surface area contributed by atoms with Crippen molar-refractivity contribution in [1.29, 1.82) is 5.26 Å². The van der Waals surface area contributed by atoms with E-state index in [1.807, 2.05) is 6.07 Å². The van der Waals surface area contributed by atoms with Gasteiger partial charge in [0.15, 0.2) is 0 Å². The highest BCUT2D eigenvalue weighted by atomic mass is 32.2. The molecule has 0 atom stereocenters. The third-order valence-corrected chi connectivity index (χ3v) is 4.61. The Balaban J connectivity index is 2.79. The number of hydrogen-bond acceptors (Lipinski definition) is 4. The number of methoxy groups -OCH3 is 1. The van der Waals surface area contributed by atoms with Crippen molar-refractivity contribution >= 4 is 10.0 Å². The van der Waals surface area contributed by atoms with Crippen LogP contribution < -0.4 is 0 Å². The van der Waals surface area contributed by atoms with Crippen LogP contribution in [0.15, 0.2) is 29.2 Å². The first-order chi connectivity index (χ1) is 9.02. The van der Waals surface area contributed by atoms with Crippen LogP contribution in [0.25, 0.3) is 0 Å². The van der Waals surface area contributed by atoms with Gasteiger partial charge in [0.05, 0.1) is 17.4 Å². The third kappa shape index (κ3) is 4.31. The van der Waals surface area contributed by atoms with Crippen LogP contribution in [-0.2, 0) is 21.2 Å². The largest absolute Gasteiger partial charge is 0.385 e. The molecule has 0 saturated carbocycles. The van der Waals surface area contributed by atoms with Crippen molar-refractivity contribution in [3.05, 3.63) is 29.8 Å². The first-order valence-corrected chi connectivity index (χ1v) is 7.37. The topological polar surface area (TPSA) is 70.4 Å². The molecular weight excluding hydrogens is 264 g/mol. The average molecular weight is 282 g/mol. The van der Waals surface area contributed by atoms with Crippen LogP contribution in [-0.4, -0.2) is 40.0 Å². The van der Waals surface area contributed by atoms with Crippen LogP contribution in [0.1, 0.15) is 12.0 Å². The summed E-state index contributed by atoms with van der Waals surface area (Å²) in [5.41, 5.74) is 0.809. The summed E-state index contributed by atoms with van der Waals surface area (Å²) in [5, 5.41) is 8.57. The van der Waals surface area contributed by atoms with Crippen LogP contribution in [0.4, 0.5) is 0 Å². The molecule has 104 valence electrons. The number of nitrogens with zero attached hydrogens (tertiary/aromatic N) is 2. The van der Waals surface area contributed by atoms with E-state index in [4.69, 9.17) is 10.00 Å². The summed E-state index contributed by atoms with van der Waals surface area (Å²) in [6, 6.07) is 8.43. The predicted octanol–water partition coefficient (Wildman–Crippen LogP) is 1.41. The third-order valence-electron chi connectivity index (χ3n) is 2.74. The number of hydrogen-bond donors (Lipinski definition) is 0. The number of ether oxygens (including phenoxy) is 1. The van der Waals surface area contributed by atoms with E-state index in [0.717, 1.165) is 5.56 Å². The lowest BCUT2D eigenvalue weighted by Gasteiger charge is -2.17. The molecule has 0 N–H and O–H groups in total. The number of rotatable bonds is 7. The monoisotopic (exact) mass is 282 g/mol. The van der Waals surface area contributed by atoms with Gasteiger partial charge in [0, 0.05) is 27.3 Å². The van der Waals surface area contributed by atoms with E-state index in [9.17, 15) is 8.42 Å². The molecule has 1 aromatic carbocycles. The molecule has 0 amide bonds. The van der Waals surface area contributed by atoms with Crippen molar-refractivity contribution in [2.45, 2.75) is 17.7 Å². The van der Waals surface area contributed by atoms with E-state index >= 15 is 0 Å². The second kappa shape index (κ2) is 7.24. The molecule has 0 aliphatic rings. The first-order valence-electron chi connectivity index (χ1n) is 5.93. The minimum atomic E-state index is -3.46. The van der Waals surface area contributed by atoms with Crippen LogP contribution in [0, 0.1) is 11.3 Å². The summed E-state index contributed by atoms with van der Waals surface area (Å²) in [6.07, 6.45) is 0.933. The number of sulfonamides is 1. The van der Waals surface area contributed by atoms with E-state index in [-0.39, 0.29) is 11.3 Å². The summed E-state index contributed by atoms with van der Waals surface area (Å²) in [4.78, 5) is 0.245. The minimum Gasteiger partial charge on any atom is -0.385 e. The first kappa shape index (κ1) is 15.6. The van der Waals surface area contributed by atoms with E-state index in [2.05, 4.69) is 0 Å². The molecule has 0 aromatic heterocycles. The standard InChI is InChI=1S/C13H18N2O3S/c1-15(10-3-11-18-2)19(16,17)13-6-4-12(5-7-13)8-9-14/h4-7H,3,8,10-11H2,1-2H3. The van der Waals surface area contributed by atoms with Crippen molar-refractivity contribution in [3.63, 3.8) is 0 Å². The minimum absolute atomic E-state index is 0.245. The fourth-order valence-corrected chi connectivity index (χ4v) is 2.81. The second-order valence-corrected chi connectivity index (χ2v) is 6.20. The van der Waals surface area contributed by atoms with Gasteiger partial charge in [-0.25, -0.2) is 12.7 Å². The molecule has 0 unspecified atom stereocenters. The van der Waals surface area contributed by atoms with E-state index in [1.54, 1.807) is 26.3 Å². The molecule has 5 nitrogen and oxygen atoms in total. The molecule has 0 saturated heterocycles. The van der Waals surface area contributed by atoms with Gasteiger partial charge in [0.2, 0.25) is 10.0 Å². The molecule has 19 heavy (non-hydrogen) atoms. The predicted molar refractivity (Wildman–Crippen MR) is 72.1 cm³/mol. The van der Waals surface area contributed by atoms with Crippen molar-refractivity contribution < 1.29 is 13.2 Å². The van der Waals surface area contributed by atoms with Gasteiger partial charge in [0.1, 0.15) is 0 Å². The molecule has 0 radical (unpaired) electrons. The van der Waals surface area contributed by atoms with E-state index in [1.165, 1.54) is 16.4 Å². The smallest absolute Gasteiger partial charge is 0.242 e. The summed E-state index contributed by atoms with van der Waals surface area (Å²) in [6.45, 7) is 0.942. The van der Waals surface area contributed by atoms with Gasteiger partial charge in [-0.15, -0.1) is 0 Å². The SMILES string of the molecule is COCCCN(C)S(=O)(=O)c1ccc(CC#N)cc1. The second-order valence-electron chi connectivity index (χ2n) is 4.15. The van der Waals surface area contributed by atoms with E-state index < -0.39 is 10.0 Å². The zero-order chi connectivity index (χ0) is 14.3. The average Bonchev–Trinajstić information content (AvgIpc) is 2.40. The van der Waals surface area contributed by atoms with Gasteiger partial charge in [-0.1, -0.05) is 12.1 Å². The van der Waals surface area contributed by atoms with Crippen molar-refractivity contribution in [2.75, 3.05) is 27.3 Å². The quantitative estimate of drug-likeness (QED) is 0.709. The van der Waals surface area contributed by atoms with Gasteiger partial charge < -0.3 is 4.74 Å². The molecule has 0 spiro atoms. The van der Waals surface area contributed by atoms with Crippen LogP contribution in [0.3, 0.4) is 0 Å². The Morgan fingerprint density at radius 1 is 1.32 bits per heavy atom. The maximum Gasteiger partial charge on any atom is 0.242 e. The highest BCUT2D eigenvalue weighted by Crippen LogP contribution is 2.15. The van der Waals surface area contributed by atoms with Crippen molar-refractivity contribution in [3.8, 4) is 6.07 Å². The van der Waals surface area contributed by atoms with Gasteiger partial charge in [0.25, 0.3) is 0 Å². The van der Waals surface area contributed by atoms with Gasteiger partial charge in [-0.3, -0.25) is 0 Å². The molecule has 1 rings (SSSR count). The molecule has 0 fully saturated rings. The van der Waals surface area contributed by atoms with Gasteiger partial charge in [-0.05, 0) is 24.1 Å². The van der Waals surface area contributed by atoms with E-state index in [0.29, 0.717) is 19.6 Å². The maximum absolute atomic E-state index is 12.2. The molecular formula is C13H18N2O3S. The highest BCUT2D eigenvalue weighted by molar-refractivity contribution is 7.89. The summed E-state index contributed by atoms with van der Waals surface area (Å²) in [7, 11) is -0.321. The number of benzene rings is 1. The lowest BCUT2D eigenvalue weighted by molar-refractivity contribution is 0.189. The highest BCUT2D eigenvalue weighted by Gasteiger charge is 2.19. The van der Waals surface area contributed by atoms with Crippen LogP contribution in [0.5, 0.6) is 0 Å². The lowest BCUT2D eigenvalue weighted by atomic mass is 10.2. The summed E-state index contributed by atoms with van der Waals surface area (Å²) < 4.78 is 30.6. The van der Waals surface area contributed by atoms with Crippen molar-refractivity contribution in [1.82, 2.24) is 4.31 Å². The van der Waals surface area contributed by atoms with Gasteiger partial charge in [-0.2, -0.15) is 5.26 Å². The van der Waals surface area contributed by atoms with Crippen molar-refractivity contribution in [2.24, 2.45) is 0 Å². The Morgan fingerprint density at radius 3 is 2.47 bits per heavy atom. The van der Waals surface area contributed by atoms with Crippen LogP contribution >= 0.6 is 0 Å². The zero-order valence-corrected chi connectivity index (χ0v) is 12.0. The summed E-state index contributed by atoms with van der Waals surface area (Å²) in [5.74, 6) is 0. The number of nitriles is 1. The Labute approximate surface area is 114 Å². The Bertz CT molecular complexity index is 532. The van der Waals surface area contributed by atoms with Gasteiger partial charge >= 0.3 is 0 Å². The molecule has 1 aromatic rings. The Hall–Kier alpha value is -1.42. The zero-order valence-electron chi connectivity index (χ0n) is 11.2. The Kier molecular flexibility index (Phi) is 5.96. The fourth-order valence-electron chi connectivity index (χ4n) is 1.60. The van der Waals surface area contributed by atoms with Crippen LogP contribution in [0.2, 0.25) is 0 Å². The Morgan fingerprint density at radius 2 is 1.95 bits per heavy atom. The molecule has 0 aliphatic carbocycles. The molecule has 6 heteroatoms. The molecule has 0 heterocycles. The normalized spacial score (nSPS) is 11.5. The lowest BCUT2D eigenvalue weighted by Crippen LogP contribution is -2.28.